The molecule has 1 aromatic carbocycles. The lowest BCUT2D eigenvalue weighted by Crippen LogP contribution is -2.27. The van der Waals surface area contributed by atoms with Crippen molar-refractivity contribution in [2.24, 2.45) is 0 Å². The Hall–Kier alpha value is -1.61. The summed E-state index contributed by atoms with van der Waals surface area (Å²) in [6.07, 6.45) is 0.467. The highest BCUT2D eigenvalue weighted by atomic mass is 32.1. The van der Waals surface area contributed by atoms with E-state index in [0.29, 0.717) is 6.42 Å². The van der Waals surface area contributed by atoms with Crippen molar-refractivity contribution < 1.29 is 4.79 Å². The van der Waals surface area contributed by atoms with Gasteiger partial charge in [-0.2, -0.15) is 0 Å². The molecule has 0 aliphatic carbocycles. The van der Waals surface area contributed by atoms with Crippen LogP contribution in [0.1, 0.15) is 23.4 Å². The number of hydrogen-bond acceptors (Lipinski definition) is 2. The van der Waals surface area contributed by atoms with Gasteiger partial charge >= 0.3 is 0 Å². The van der Waals surface area contributed by atoms with E-state index in [1.807, 2.05) is 54.8 Å². The van der Waals surface area contributed by atoms with Gasteiger partial charge in [-0.15, -0.1) is 11.3 Å². The Morgan fingerprint density at radius 2 is 2.00 bits per heavy atom. The number of carbonyl (C=O) groups is 1. The molecule has 1 amide bonds. The number of amides is 1. The van der Waals surface area contributed by atoms with Gasteiger partial charge in [-0.25, -0.2) is 0 Å². The van der Waals surface area contributed by atoms with Crippen molar-refractivity contribution in [3.05, 3.63) is 58.3 Å². The van der Waals surface area contributed by atoms with Gasteiger partial charge in [0.15, 0.2) is 0 Å². The number of rotatable bonds is 4. The number of thiophene rings is 1. The van der Waals surface area contributed by atoms with Crippen molar-refractivity contribution in [1.82, 2.24) is 5.32 Å². The van der Waals surface area contributed by atoms with Crippen molar-refractivity contribution in [3.63, 3.8) is 0 Å². The molecule has 0 bridgehead atoms. The molecule has 1 heterocycles. The number of benzene rings is 1. The lowest BCUT2D eigenvalue weighted by molar-refractivity contribution is -0.121. The second-order valence-corrected chi connectivity index (χ2v) is 4.99. The van der Waals surface area contributed by atoms with Crippen LogP contribution in [0.2, 0.25) is 0 Å². The molecule has 1 atom stereocenters. The lowest BCUT2D eigenvalue weighted by Gasteiger charge is -2.13. The normalized spacial score (nSPS) is 12.1. The summed E-state index contributed by atoms with van der Waals surface area (Å²) >= 11 is 1.61. The predicted molar refractivity (Wildman–Crippen MR) is 71.0 cm³/mol. The van der Waals surface area contributed by atoms with E-state index >= 15 is 0 Å². The number of nitrogens with one attached hydrogen (secondary N) is 1. The molecule has 0 saturated heterocycles. The molecule has 88 valence electrons. The zero-order valence-corrected chi connectivity index (χ0v) is 10.5. The van der Waals surface area contributed by atoms with Gasteiger partial charge in [0.2, 0.25) is 5.91 Å². The molecule has 0 radical (unpaired) electrons. The summed E-state index contributed by atoms with van der Waals surface area (Å²) < 4.78 is 0. The van der Waals surface area contributed by atoms with Gasteiger partial charge in [0.1, 0.15) is 0 Å². The summed E-state index contributed by atoms with van der Waals surface area (Å²) in [5, 5.41) is 4.99. The van der Waals surface area contributed by atoms with Crippen LogP contribution in [0, 0.1) is 0 Å². The molecular weight excluding hydrogens is 230 g/mol. The van der Waals surface area contributed by atoms with E-state index < -0.39 is 0 Å². The van der Waals surface area contributed by atoms with Crippen LogP contribution in [0.4, 0.5) is 0 Å². The summed E-state index contributed by atoms with van der Waals surface area (Å²) in [5.41, 5.74) is 1.13. The SMILES string of the molecule is C[C@H](NC(=O)Cc1cccs1)c1ccccc1. The Kier molecular flexibility index (Phi) is 3.94. The zero-order valence-electron chi connectivity index (χ0n) is 9.72. The minimum atomic E-state index is 0.0589. The van der Waals surface area contributed by atoms with Gasteiger partial charge in [-0.3, -0.25) is 4.79 Å². The van der Waals surface area contributed by atoms with E-state index in [-0.39, 0.29) is 11.9 Å². The van der Waals surface area contributed by atoms with Crippen LogP contribution in [0.25, 0.3) is 0 Å². The fraction of sp³-hybridized carbons (Fsp3) is 0.214. The van der Waals surface area contributed by atoms with E-state index in [0.717, 1.165) is 10.4 Å². The number of carbonyl (C=O) groups excluding carboxylic acids is 1. The Morgan fingerprint density at radius 1 is 1.24 bits per heavy atom. The summed E-state index contributed by atoms with van der Waals surface area (Å²) in [5.74, 6) is 0.0730. The molecule has 0 unspecified atom stereocenters. The molecule has 1 aromatic heterocycles. The second kappa shape index (κ2) is 5.64. The molecule has 0 fully saturated rings. The van der Waals surface area contributed by atoms with Crippen molar-refractivity contribution in [1.29, 1.82) is 0 Å². The summed E-state index contributed by atoms with van der Waals surface area (Å²) in [4.78, 5) is 12.9. The molecular formula is C14H15NOS. The fourth-order valence-corrected chi connectivity index (χ4v) is 2.39. The first kappa shape index (κ1) is 11.9. The maximum absolute atomic E-state index is 11.8. The highest BCUT2D eigenvalue weighted by Crippen LogP contribution is 2.13. The minimum absolute atomic E-state index is 0.0589. The van der Waals surface area contributed by atoms with E-state index in [4.69, 9.17) is 0 Å². The zero-order chi connectivity index (χ0) is 12.1. The monoisotopic (exact) mass is 245 g/mol. The molecule has 0 aliphatic heterocycles. The Balaban J connectivity index is 1.91. The smallest absolute Gasteiger partial charge is 0.225 e. The van der Waals surface area contributed by atoms with Gasteiger partial charge in [0.05, 0.1) is 12.5 Å². The Bertz CT molecular complexity index is 464. The van der Waals surface area contributed by atoms with Gasteiger partial charge in [0, 0.05) is 4.88 Å². The van der Waals surface area contributed by atoms with Gasteiger partial charge < -0.3 is 5.32 Å². The largest absolute Gasteiger partial charge is 0.349 e. The topological polar surface area (TPSA) is 29.1 Å². The summed E-state index contributed by atoms with van der Waals surface area (Å²) in [6.45, 7) is 2.00. The van der Waals surface area contributed by atoms with Gasteiger partial charge in [0.25, 0.3) is 0 Å². The maximum atomic E-state index is 11.8. The molecule has 1 N–H and O–H groups in total. The van der Waals surface area contributed by atoms with Crippen LogP contribution in [-0.2, 0) is 11.2 Å². The predicted octanol–water partition coefficient (Wildman–Crippen LogP) is 3.17. The third-order valence-corrected chi connectivity index (χ3v) is 3.47. The van der Waals surface area contributed by atoms with Crippen molar-refractivity contribution in [3.8, 4) is 0 Å². The number of hydrogen-bond donors (Lipinski definition) is 1. The lowest BCUT2D eigenvalue weighted by atomic mass is 10.1. The molecule has 0 aliphatic rings. The van der Waals surface area contributed by atoms with E-state index in [1.54, 1.807) is 11.3 Å². The third-order valence-electron chi connectivity index (χ3n) is 2.59. The second-order valence-electron chi connectivity index (χ2n) is 3.96. The highest BCUT2D eigenvalue weighted by molar-refractivity contribution is 7.10. The highest BCUT2D eigenvalue weighted by Gasteiger charge is 2.09. The molecule has 2 rings (SSSR count). The molecule has 17 heavy (non-hydrogen) atoms. The Labute approximate surface area is 105 Å². The molecule has 0 saturated carbocycles. The van der Waals surface area contributed by atoms with Crippen LogP contribution in [-0.4, -0.2) is 5.91 Å². The van der Waals surface area contributed by atoms with Crippen LogP contribution in [0.15, 0.2) is 47.8 Å². The van der Waals surface area contributed by atoms with E-state index in [9.17, 15) is 4.79 Å². The summed E-state index contributed by atoms with van der Waals surface area (Å²) in [7, 11) is 0. The van der Waals surface area contributed by atoms with Gasteiger partial charge in [-0.1, -0.05) is 36.4 Å². The minimum Gasteiger partial charge on any atom is -0.349 e. The molecule has 2 aromatic rings. The quantitative estimate of drug-likeness (QED) is 0.880. The Morgan fingerprint density at radius 3 is 2.65 bits per heavy atom. The first-order valence-electron chi connectivity index (χ1n) is 5.62. The van der Waals surface area contributed by atoms with Gasteiger partial charge in [-0.05, 0) is 23.9 Å². The van der Waals surface area contributed by atoms with Crippen molar-refractivity contribution in [2.45, 2.75) is 19.4 Å². The van der Waals surface area contributed by atoms with Crippen LogP contribution in [0.3, 0.4) is 0 Å². The van der Waals surface area contributed by atoms with Crippen LogP contribution < -0.4 is 5.32 Å². The molecule has 2 nitrogen and oxygen atoms in total. The molecule has 0 spiro atoms. The first-order valence-corrected chi connectivity index (χ1v) is 6.50. The summed E-state index contributed by atoms with van der Waals surface area (Å²) in [6, 6.07) is 14.0. The third kappa shape index (κ3) is 3.43. The van der Waals surface area contributed by atoms with Crippen molar-refractivity contribution in [2.75, 3.05) is 0 Å². The van der Waals surface area contributed by atoms with Crippen LogP contribution >= 0.6 is 11.3 Å². The maximum Gasteiger partial charge on any atom is 0.225 e. The first-order chi connectivity index (χ1) is 8.25. The molecule has 3 heteroatoms. The van der Waals surface area contributed by atoms with Crippen LogP contribution in [0.5, 0.6) is 0 Å². The fourth-order valence-electron chi connectivity index (χ4n) is 1.69. The average Bonchev–Trinajstić information content (AvgIpc) is 2.82. The standard InChI is InChI=1S/C14H15NOS/c1-11(12-6-3-2-4-7-12)15-14(16)10-13-8-5-9-17-13/h2-9,11H,10H2,1H3,(H,15,16)/t11-/m0/s1. The average molecular weight is 245 g/mol. The van der Waals surface area contributed by atoms with E-state index in [2.05, 4.69) is 5.32 Å². The van der Waals surface area contributed by atoms with Crippen molar-refractivity contribution >= 4 is 17.2 Å². The van der Waals surface area contributed by atoms with E-state index in [1.165, 1.54) is 0 Å².